The Kier molecular flexibility index (Phi) is 6.19. The van der Waals surface area contributed by atoms with Crippen molar-refractivity contribution in [1.29, 1.82) is 0 Å². The SMILES string of the molecule is O=C(Cc1ccccc1OC(F)(F)F)Nc1ccc(-c2cncc(C(F)(F)F)c2)cc1. The summed E-state index contributed by atoms with van der Waals surface area (Å²) in [6, 6.07) is 12.1. The van der Waals surface area contributed by atoms with Gasteiger partial charge >= 0.3 is 12.5 Å². The molecule has 0 aliphatic heterocycles. The Morgan fingerprint density at radius 3 is 2.23 bits per heavy atom. The quantitative estimate of drug-likeness (QED) is 0.507. The number of carbonyl (C=O) groups is 1. The molecule has 0 atom stereocenters. The van der Waals surface area contributed by atoms with Crippen LogP contribution in [-0.2, 0) is 17.4 Å². The van der Waals surface area contributed by atoms with E-state index in [4.69, 9.17) is 0 Å². The van der Waals surface area contributed by atoms with E-state index >= 15 is 0 Å². The first-order valence-corrected chi connectivity index (χ1v) is 8.77. The first kappa shape index (κ1) is 22.1. The van der Waals surface area contributed by atoms with Gasteiger partial charge in [-0.15, -0.1) is 13.2 Å². The number of aromatic nitrogens is 1. The highest BCUT2D eigenvalue weighted by Crippen LogP contribution is 2.32. The van der Waals surface area contributed by atoms with Crippen molar-refractivity contribution in [3.63, 3.8) is 0 Å². The number of alkyl halides is 6. The zero-order valence-electron chi connectivity index (χ0n) is 15.6. The summed E-state index contributed by atoms with van der Waals surface area (Å²) < 4.78 is 79.9. The van der Waals surface area contributed by atoms with E-state index in [9.17, 15) is 31.1 Å². The van der Waals surface area contributed by atoms with Gasteiger partial charge in [-0.3, -0.25) is 9.78 Å². The van der Waals surface area contributed by atoms with E-state index in [2.05, 4.69) is 15.0 Å². The Morgan fingerprint density at radius 1 is 0.903 bits per heavy atom. The van der Waals surface area contributed by atoms with Crippen LogP contribution in [0.1, 0.15) is 11.1 Å². The number of rotatable bonds is 5. The molecule has 10 heteroatoms. The lowest BCUT2D eigenvalue weighted by Gasteiger charge is -2.13. The van der Waals surface area contributed by atoms with Gasteiger partial charge in [-0.1, -0.05) is 30.3 Å². The van der Waals surface area contributed by atoms with Crippen molar-refractivity contribution in [1.82, 2.24) is 4.98 Å². The molecule has 0 saturated heterocycles. The van der Waals surface area contributed by atoms with Crippen LogP contribution in [0.25, 0.3) is 11.1 Å². The number of amides is 1. The maximum Gasteiger partial charge on any atom is 0.573 e. The van der Waals surface area contributed by atoms with Crippen molar-refractivity contribution in [2.45, 2.75) is 19.0 Å². The largest absolute Gasteiger partial charge is 0.573 e. The second kappa shape index (κ2) is 8.66. The second-order valence-corrected chi connectivity index (χ2v) is 6.42. The Balaban J connectivity index is 1.69. The standard InChI is InChI=1S/C21H14F6N2O2/c22-20(23,24)16-9-15(11-28-12-16)13-5-7-17(8-6-13)29-19(30)10-14-3-1-2-4-18(14)31-21(25,26)27/h1-9,11-12H,10H2,(H,29,30). The Hall–Kier alpha value is -3.56. The molecule has 1 N–H and O–H groups in total. The number of ether oxygens (including phenoxy) is 1. The minimum Gasteiger partial charge on any atom is -0.405 e. The van der Waals surface area contributed by atoms with Crippen LogP contribution in [0.15, 0.2) is 67.0 Å². The summed E-state index contributed by atoms with van der Waals surface area (Å²) in [5.41, 5.74) is 0.167. The third-order valence-electron chi connectivity index (χ3n) is 4.12. The van der Waals surface area contributed by atoms with Crippen LogP contribution in [0.5, 0.6) is 5.75 Å². The summed E-state index contributed by atoms with van der Waals surface area (Å²) in [5.74, 6) is -1.07. The van der Waals surface area contributed by atoms with E-state index < -0.39 is 29.8 Å². The number of benzene rings is 2. The van der Waals surface area contributed by atoms with Gasteiger partial charge in [0, 0.05) is 29.2 Å². The van der Waals surface area contributed by atoms with Crippen molar-refractivity contribution < 1.29 is 35.9 Å². The Labute approximate surface area is 172 Å². The van der Waals surface area contributed by atoms with Gasteiger partial charge < -0.3 is 10.1 Å². The van der Waals surface area contributed by atoms with E-state index in [0.29, 0.717) is 11.3 Å². The molecular formula is C21H14F6N2O2. The second-order valence-electron chi connectivity index (χ2n) is 6.42. The van der Waals surface area contributed by atoms with Crippen molar-refractivity contribution in [3.05, 3.63) is 78.1 Å². The van der Waals surface area contributed by atoms with Crippen molar-refractivity contribution >= 4 is 11.6 Å². The lowest BCUT2D eigenvalue weighted by Crippen LogP contribution is -2.20. The molecule has 0 aliphatic rings. The molecule has 2 aromatic carbocycles. The van der Waals surface area contributed by atoms with Gasteiger partial charge in [-0.25, -0.2) is 0 Å². The molecule has 4 nitrogen and oxygen atoms in total. The lowest BCUT2D eigenvalue weighted by atomic mass is 10.1. The van der Waals surface area contributed by atoms with Crippen LogP contribution < -0.4 is 10.1 Å². The fraction of sp³-hybridized carbons (Fsp3) is 0.143. The fourth-order valence-corrected chi connectivity index (χ4v) is 2.75. The number of nitrogens with zero attached hydrogens (tertiary/aromatic N) is 1. The first-order valence-electron chi connectivity index (χ1n) is 8.77. The van der Waals surface area contributed by atoms with Crippen LogP contribution in [0.4, 0.5) is 32.0 Å². The highest BCUT2D eigenvalue weighted by Gasteiger charge is 2.32. The molecule has 0 unspecified atom stereocenters. The van der Waals surface area contributed by atoms with E-state index in [1.165, 1.54) is 48.7 Å². The molecule has 0 fully saturated rings. The molecule has 162 valence electrons. The van der Waals surface area contributed by atoms with Crippen molar-refractivity contribution in [2.24, 2.45) is 0 Å². The Morgan fingerprint density at radius 2 is 1.58 bits per heavy atom. The number of para-hydroxylation sites is 1. The predicted octanol–water partition coefficient (Wildman–Crippen LogP) is 5.85. The van der Waals surface area contributed by atoms with Crippen LogP contribution in [-0.4, -0.2) is 17.3 Å². The summed E-state index contributed by atoms with van der Waals surface area (Å²) in [4.78, 5) is 15.8. The maximum absolute atomic E-state index is 12.8. The molecule has 0 saturated carbocycles. The van der Waals surface area contributed by atoms with E-state index in [-0.39, 0.29) is 17.5 Å². The van der Waals surface area contributed by atoms with Crippen LogP contribution in [0.3, 0.4) is 0 Å². The molecule has 1 aromatic heterocycles. The summed E-state index contributed by atoms with van der Waals surface area (Å²) in [7, 11) is 0. The molecule has 3 aromatic rings. The monoisotopic (exact) mass is 440 g/mol. The van der Waals surface area contributed by atoms with Gasteiger partial charge in [0.05, 0.1) is 12.0 Å². The predicted molar refractivity (Wildman–Crippen MR) is 100 cm³/mol. The number of halogens is 6. The van der Waals surface area contributed by atoms with Gasteiger partial charge in [0.2, 0.25) is 5.91 Å². The zero-order chi connectivity index (χ0) is 22.6. The van der Waals surface area contributed by atoms with Gasteiger partial charge in [-0.2, -0.15) is 13.2 Å². The number of pyridine rings is 1. The van der Waals surface area contributed by atoms with Gasteiger partial charge in [0.15, 0.2) is 0 Å². The Bertz CT molecular complexity index is 1060. The lowest BCUT2D eigenvalue weighted by molar-refractivity contribution is -0.274. The van der Waals surface area contributed by atoms with Crippen molar-refractivity contribution in [2.75, 3.05) is 5.32 Å². The average Bonchev–Trinajstić information content (AvgIpc) is 2.68. The highest BCUT2D eigenvalue weighted by atomic mass is 19.4. The number of hydrogen-bond acceptors (Lipinski definition) is 3. The normalized spacial score (nSPS) is 11.8. The summed E-state index contributed by atoms with van der Waals surface area (Å²) >= 11 is 0. The molecule has 1 heterocycles. The third kappa shape index (κ3) is 6.21. The van der Waals surface area contributed by atoms with E-state index in [1.54, 1.807) is 0 Å². The summed E-state index contributed by atoms with van der Waals surface area (Å²) in [6.07, 6.45) is -7.78. The number of anilines is 1. The number of carbonyl (C=O) groups excluding carboxylic acids is 1. The van der Waals surface area contributed by atoms with Crippen LogP contribution >= 0.6 is 0 Å². The molecule has 3 rings (SSSR count). The molecule has 0 aliphatic carbocycles. The molecule has 0 spiro atoms. The van der Waals surface area contributed by atoms with Gasteiger partial charge in [0.1, 0.15) is 5.75 Å². The fourth-order valence-electron chi connectivity index (χ4n) is 2.75. The van der Waals surface area contributed by atoms with Gasteiger partial charge in [0.25, 0.3) is 0 Å². The highest BCUT2D eigenvalue weighted by molar-refractivity contribution is 5.92. The topological polar surface area (TPSA) is 51.2 Å². The first-order chi connectivity index (χ1) is 14.5. The third-order valence-corrected chi connectivity index (χ3v) is 4.12. The minimum absolute atomic E-state index is 0.0454. The molecule has 0 bridgehead atoms. The number of hydrogen-bond donors (Lipinski definition) is 1. The van der Waals surface area contributed by atoms with Crippen LogP contribution in [0.2, 0.25) is 0 Å². The molecule has 1 amide bonds. The average molecular weight is 440 g/mol. The summed E-state index contributed by atoms with van der Waals surface area (Å²) in [6.45, 7) is 0. The molecular weight excluding hydrogens is 426 g/mol. The molecule has 31 heavy (non-hydrogen) atoms. The molecule has 0 radical (unpaired) electrons. The van der Waals surface area contributed by atoms with Gasteiger partial charge in [-0.05, 0) is 29.8 Å². The minimum atomic E-state index is -4.89. The van der Waals surface area contributed by atoms with E-state index in [1.807, 2.05) is 0 Å². The zero-order valence-corrected chi connectivity index (χ0v) is 15.6. The maximum atomic E-state index is 12.8. The van der Waals surface area contributed by atoms with E-state index in [0.717, 1.165) is 18.3 Å². The smallest absolute Gasteiger partial charge is 0.405 e. The van der Waals surface area contributed by atoms with Crippen molar-refractivity contribution in [3.8, 4) is 16.9 Å². The number of nitrogens with one attached hydrogen (secondary N) is 1. The summed E-state index contributed by atoms with van der Waals surface area (Å²) in [5, 5.41) is 2.52. The van der Waals surface area contributed by atoms with Crippen LogP contribution in [0, 0.1) is 0 Å².